The van der Waals surface area contributed by atoms with E-state index >= 15 is 0 Å². The summed E-state index contributed by atoms with van der Waals surface area (Å²) in [5.74, 6) is 0.824. The lowest BCUT2D eigenvalue weighted by molar-refractivity contribution is -0.117. The summed E-state index contributed by atoms with van der Waals surface area (Å²) in [4.78, 5) is 11.1. The van der Waals surface area contributed by atoms with E-state index in [0.29, 0.717) is 18.1 Å². The Hall–Kier alpha value is -1.11. The molecule has 0 amide bonds. The van der Waals surface area contributed by atoms with E-state index in [-0.39, 0.29) is 0 Å². The number of Topliss-reactive ketones (excluding diaryl/α,β-unsaturated/α-hetero) is 1. The van der Waals surface area contributed by atoms with E-state index in [1.807, 2.05) is 0 Å². The molecule has 0 saturated heterocycles. The van der Waals surface area contributed by atoms with Gasteiger partial charge in [0.15, 0.2) is 0 Å². The smallest absolute Gasteiger partial charge is 0.129 e. The summed E-state index contributed by atoms with van der Waals surface area (Å²) < 4.78 is 0. The highest BCUT2D eigenvalue weighted by Crippen LogP contribution is 2.31. The van der Waals surface area contributed by atoms with Crippen LogP contribution in [0.1, 0.15) is 61.3 Å². The molecule has 0 heterocycles. The fourth-order valence-electron chi connectivity index (χ4n) is 2.77. The number of benzene rings is 1. The van der Waals surface area contributed by atoms with Crippen LogP contribution in [0.15, 0.2) is 12.1 Å². The lowest BCUT2D eigenvalue weighted by Gasteiger charge is -2.20. The Kier molecular flexibility index (Phi) is 4.92. The zero-order valence-electron chi connectivity index (χ0n) is 11.8. The zero-order chi connectivity index (χ0) is 13.0. The maximum Gasteiger partial charge on any atom is 0.129 e. The van der Waals surface area contributed by atoms with Crippen LogP contribution < -0.4 is 0 Å². The second kappa shape index (κ2) is 6.00. The third kappa shape index (κ3) is 3.69. The van der Waals surface area contributed by atoms with E-state index in [1.165, 1.54) is 22.3 Å². The first-order valence-electron chi connectivity index (χ1n) is 6.52. The third-order valence-electron chi connectivity index (χ3n) is 3.48. The molecule has 1 aromatic rings. The van der Waals surface area contributed by atoms with Crippen LogP contribution in [0.3, 0.4) is 0 Å². The molecule has 1 aromatic carbocycles. The van der Waals surface area contributed by atoms with Crippen molar-refractivity contribution in [1.29, 1.82) is 0 Å². The van der Waals surface area contributed by atoms with Crippen molar-refractivity contribution < 1.29 is 4.79 Å². The summed E-state index contributed by atoms with van der Waals surface area (Å²) >= 11 is 0. The molecule has 17 heavy (non-hydrogen) atoms. The number of rotatable bonds is 5. The standard InChI is InChI=1S/C16H24O/c1-6-15(8-7-14(5)17)16-12(3)9-11(2)10-13(16)4/h9-10,15H,6-8H2,1-5H3. The molecule has 0 aliphatic rings. The van der Waals surface area contributed by atoms with Crippen LogP contribution >= 0.6 is 0 Å². The van der Waals surface area contributed by atoms with Gasteiger partial charge in [-0.15, -0.1) is 0 Å². The summed E-state index contributed by atoms with van der Waals surface area (Å²) in [5.41, 5.74) is 5.53. The lowest BCUT2D eigenvalue weighted by atomic mass is 9.84. The molecule has 0 aliphatic carbocycles. The lowest BCUT2D eigenvalue weighted by Crippen LogP contribution is -2.05. The van der Waals surface area contributed by atoms with Gasteiger partial charge in [-0.05, 0) is 63.1 Å². The molecule has 0 radical (unpaired) electrons. The molecule has 0 aliphatic heterocycles. The van der Waals surface area contributed by atoms with Gasteiger partial charge < -0.3 is 4.79 Å². The Morgan fingerprint density at radius 1 is 1.18 bits per heavy atom. The molecule has 0 N–H and O–H groups in total. The van der Waals surface area contributed by atoms with Crippen LogP contribution in [0, 0.1) is 20.8 Å². The van der Waals surface area contributed by atoms with Gasteiger partial charge in [-0.25, -0.2) is 0 Å². The topological polar surface area (TPSA) is 17.1 Å². The monoisotopic (exact) mass is 232 g/mol. The largest absolute Gasteiger partial charge is 0.300 e. The van der Waals surface area contributed by atoms with E-state index in [9.17, 15) is 4.79 Å². The molecule has 1 atom stereocenters. The first-order chi connectivity index (χ1) is 7.95. The molecule has 94 valence electrons. The minimum absolute atomic E-state index is 0.297. The highest BCUT2D eigenvalue weighted by Gasteiger charge is 2.15. The Morgan fingerprint density at radius 2 is 1.71 bits per heavy atom. The van der Waals surface area contributed by atoms with Gasteiger partial charge >= 0.3 is 0 Å². The molecule has 0 saturated carbocycles. The molecule has 1 nitrogen and oxygen atoms in total. The fourth-order valence-corrected chi connectivity index (χ4v) is 2.77. The number of aryl methyl sites for hydroxylation is 3. The van der Waals surface area contributed by atoms with E-state index in [4.69, 9.17) is 0 Å². The van der Waals surface area contributed by atoms with Crippen molar-refractivity contribution in [3.05, 3.63) is 34.4 Å². The maximum absolute atomic E-state index is 11.1. The molecule has 1 unspecified atom stereocenters. The second-order valence-electron chi connectivity index (χ2n) is 5.16. The fraction of sp³-hybridized carbons (Fsp3) is 0.562. The summed E-state index contributed by atoms with van der Waals surface area (Å²) in [6, 6.07) is 4.50. The molecular weight excluding hydrogens is 208 g/mol. The Morgan fingerprint density at radius 3 is 2.12 bits per heavy atom. The Bertz CT molecular complexity index is 381. The van der Waals surface area contributed by atoms with Crippen molar-refractivity contribution in [1.82, 2.24) is 0 Å². The van der Waals surface area contributed by atoms with Gasteiger partial charge in [-0.3, -0.25) is 0 Å². The first kappa shape index (κ1) is 14.0. The number of carbonyl (C=O) groups is 1. The number of hydrogen-bond donors (Lipinski definition) is 0. The van der Waals surface area contributed by atoms with Crippen molar-refractivity contribution in [2.45, 2.75) is 59.8 Å². The number of ketones is 1. The summed E-state index contributed by atoms with van der Waals surface area (Å²) in [6.45, 7) is 10.4. The molecule has 0 fully saturated rings. The normalized spacial score (nSPS) is 12.5. The Balaban J connectivity index is 2.99. The SMILES string of the molecule is CCC(CCC(C)=O)c1c(C)cc(C)cc1C. The molecular formula is C16H24O. The molecule has 0 bridgehead atoms. The van der Waals surface area contributed by atoms with Crippen LogP contribution in [0.4, 0.5) is 0 Å². The van der Waals surface area contributed by atoms with Crippen molar-refractivity contribution in [3.63, 3.8) is 0 Å². The maximum atomic E-state index is 11.1. The van der Waals surface area contributed by atoms with Gasteiger partial charge in [0.25, 0.3) is 0 Å². The van der Waals surface area contributed by atoms with Gasteiger partial charge in [0.05, 0.1) is 0 Å². The van der Waals surface area contributed by atoms with E-state index in [0.717, 1.165) is 12.8 Å². The molecule has 0 spiro atoms. The van der Waals surface area contributed by atoms with Crippen molar-refractivity contribution >= 4 is 5.78 Å². The quantitative estimate of drug-likeness (QED) is 0.731. The van der Waals surface area contributed by atoms with Gasteiger partial charge in [-0.2, -0.15) is 0 Å². The van der Waals surface area contributed by atoms with E-state index < -0.39 is 0 Å². The van der Waals surface area contributed by atoms with Crippen molar-refractivity contribution in [2.24, 2.45) is 0 Å². The van der Waals surface area contributed by atoms with Crippen LogP contribution in [0.2, 0.25) is 0 Å². The Labute approximate surface area is 105 Å². The average molecular weight is 232 g/mol. The van der Waals surface area contributed by atoms with Crippen molar-refractivity contribution in [3.8, 4) is 0 Å². The van der Waals surface area contributed by atoms with Crippen LogP contribution in [0.25, 0.3) is 0 Å². The van der Waals surface area contributed by atoms with E-state index in [2.05, 4.69) is 39.8 Å². The predicted molar refractivity (Wildman–Crippen MR) is 73.6 cm³/mol. The molecule has 1 heteroatoms. The van der Waals surface area contributed by atoms with Gasteiger partial charge in [-0.1, -0.05) is 24.6 Å². The summed E-state index contributed by atoms with van der Waals surface area (Å²) in [7, 11) is 0. The first-order valence-corrected chi connectivity index (χ1v) is 6.52. The van der Waals surface area contributed by atoms with Gasteiger partial charge in [0, 0.05) is 6.42 Å². The van der Waals surface area contributed by atoms with Crippen LogP contribution in [-0.2, 0) is 4.79 Å². The molecule has 0 aromatic heterocycles. The minimum Gasteiger partial charge on any atom is -0.300 e. The van der Waals surface area contributed by atoms with Gasteiger partial charge in [0.2, 0.25) is 0 Å². The summed E-state index contributed by atoms with van der Waals surface area (Å²) in [5, 5.41) is 0. The van der Waals surface area contributed by atoms with Gasteiger partial charge in [0.1, 0.15) is 5.78 Å². The third-order valence-corrected chi connectivity index (χ3v) is 3.48. The van der Waals surface area contributed by atoms with Crippen molar-refractivity contribution in [2.75, 3.05) is 0 Å². The number of carbonyl (C=O) groups excluding carboxylic acids is 1. The number of hydrogen-bond acceptors (Lipinski definition) is 1. The predicted octanol–water partition coefficient (Wildman–Crippen LogP) is 4.47. The second-order valence-corrected chi connectivity index (χ2v) is 5.16. The average Bonchev–Trinajstić information content (AvgIpc) is 2.21. The highest BCUT2D eigenvalue weighted by molar-refractivity contribution is 5.75. The molecule has 1 rings (SSSR count). The van der Waals surface area contributed by atoms with Crippen LogP contribution in [0.5, 0.6) is 0 Å². The summed E-state index contributed by atoms with van der Waals surface area (Å²) in [6.07, 6.45) is 2.79. The van der Waals surface area contributed by atoms with Crippen LogP contribution in [-0.4, -0.2) is 5.78 Å². The zero-order valence-corrected chi connectivity index (χ0v) is 11.8. The highest BCUT2D eigenvalue weighted by atomic mass is 16.1. The van der Waals surface area contributed by atoms with E-state index in [1.54, 1.807) is 6.92 Å². The minimum atomic E-state index is 0.297.